The van der Waals surface area contributed by atoms with Crippen LogP contribution in [0.15, 0.2) is 10.6 Å². The Morgan fingerprint density at radius 1 is 1.23 bits per heavy atom. The van der Waals surface area contributed by atoms with E-state index < -0.39 is 46.8 Å². The van der Waals surface area contributed by atoms with Crippen molar-refractivity contribution >= 4 is 52.1 Å². The quantitative estimate of drug-likeness (QED) is 0.483. The molecule has 0 aliphatic carbocycles. The van der Waals surface area contributed by atoms with Crippen molar-refractivity contribution in [3.05, 3.63) is 17.4 Å². The number of hydrogen-bond donors (Lipinski definition) is 3. The Kier molecular flexibility index (Phi) is 4.86. The van der Waals surface area contributed by atoms with Crippen LogP contribution in [0.25, 0.3) is 11.0 Å². The van der Waals surface area contributed by atoms with Gasteiger partial charge in [-0.15, -0.1) is 11.8 Å². The number of thioether (sulfide) groups is 1. The highest BCUT2D eigenvalue weighted by atomic mass is 32.2. The van der Waals surface area contributed by atoms with Crippen molar-refractivity contribution in [1.82, 2.24) is 15.8 Å². The first-order chi connectivity index (χ1) is 16.6. The third kappa shape index (κ3) is 2.97. The molecule has 186 valence electrons. The highest BCUT2D eigenvalue weighted by Gasteiger charge is 2.63. The number of anilines is 2. The summed E-state index contributed by atoms with van der Waals surface area (Å²) >= 11 is 1.33. The molecule has 4 aliphatic rings. The van der Waals surface area contributed by atoms with Crippen LogP contribution in [0.1, 0.15) is 26.3 Å². The summed E-state index contributed by atoms with van der Waals surface area (Å²) in [7, 11) is 0. The highest BCUT2D eigenvalue weighted by Crippen LogP contribution is 2.50. The number of carbonyl (C=O) groups excluding carboxylic acids is 3. The van der Waals surface area contributed by atoms with Gasteiger partial charge in [0, 0.05) is 24.8 Å². The SMILES string of the molecule is C[C@@H]1CN2c3c(cc4c(N5C(O)SC[C@H]5C)noc4c3F)CC3(C(=O)NC(=O)NC3=O)[C@H]2[C@H](C)O1. The Morgan fingerprint density at radius 3 is 2.60 bits per heavy atom. The fraction of sp³-hybridized carbons (Fsp3) is 0.545. The molecule has 5 atom stereocenters. The van der Waals surface area contributed by atoms with Crippen molar-refractivity contribution in [2.24, 2.45) is 5.41 Å². The van der Waals surface area contributed by atoms with E-state index in [4.69, 9.17) is 9.26 Å². The van der Waals surface area contributed by atoms with Crippen molar-refractivity contribution in [1.29, 1.82) is 0 Å². The van der Waals surface area contributed by atoms with Gasteiger partial charge in [0.15, 0.2) is 22.6 Å². The standard InChI is InChI=1S/C22H24FN5O6S/c1-8-7-35-21(32)28(8)17-12-4-11-5-22(18(29)24-20(31)25-19(22)30)16-10(3)33-9(2)6-27(16)14(11)13(23)15(12)34-26-17/h4,8-10,16,21,32H,5-7H2,1-3H3,(H2,24,25,29,30,31)/t8-,9-,10+,16-,21?/m1/s1. The third-order valence-corrected chi connectivity index (χ3v) is 8.59. The van der Waals surface area contributed by atoms with Gasteiger partial charge in [0.25, 0.3) is 0 Å². The molecule has 0 saturated carbocycles. The van der Waals surface area contributed by atoms with Gasteiger partial charge in [0.05, 0.1) is 29.3 Å². The number of fused-ring (bicyclic) bond motifs is 5. The number of halogens is 1. The molecule has 0 radical (unpaired) electrons. The van der Waals surface area contributed by atoms with E-state index in [2.05, 4.69) is 15.8 Å². The molecule has 1 aromatic carbocycles. The van der Waals surface area contributed by atoms with E-state index in [0.717, 1.165) is 0 Å². The maximum absolute atomic E-state index is 16.1. The number of imide groups is 2. The van der Waals surface area contributed by atoms with Crippen LogP contribution in [0.4, 0.5) is 20.7 Å². The van der Waals surface area contributed by atoms with Crippen LogP contribution in [0.3, 0.4) is 0 Å². The lowest BCUT2D eigenvalue weighted by Crippen LogP contribution is -2.75. The monoisotopic (exact) mass is 505 g/mol. The van der Waals surface area contributed by atoms with Gasteiger partial charge in [-0.2, -0.15) is 0 Å². The summed E-state index contributed by atoms with van der Waals surface area (Å²) in [5, 5.41) is 19.3. The predicted molar refractivity (Wildman–Crippen MR) is 123 cm³/mol. The van der Waals surface area contributed by atoms with E-state index >= 15 is 4.39 Å². The van der Waals surface area contributed by atoms with Gasteiger partial charge in [0.2, 0.25) is 17.4 Å². The number of amides is 4. The Morgan fingerprint density at radius 2 is 1.94 bits per heavy atom. The molecule has 6 rings (SSSR count). The van der Waals surface area contributed by atoms with Crippen molar-refractivity contribution < 1.29 is 33.1 Å². The average molecular weight is 506 g/mol. The van der Waals surface area contributed by atoms with E-state index in [9.17, 15) is 19.5 Å². The van der Waals surface area contributed by atoms with Crippen LogP contribution >= 0.6 is 11.8 Å². The number of rotatable bonds is 1. The van der Waals surface area contributed by atoms with Crippen molar-refractivity contribution in [2.45, 2.75) is 57.0 Å². The normalized spacial score (nSPS) is 32.0. The molecular weight excluding hydrogens is 481 g/mol. The van der Waals surface area contributed by atoms with Crippen molar-refractivity contribution in [2.75, 3.05) is 22.1 Å². The summed E-state index contributed by atoms with van der Waals surface area (Å²) in [4.78, 5) is 41.8. The molecule has 3 N–H and O–H groups in total. The summed E-state index contributed by atoms with van der Waals surface area (Å²) in [5.74, 6) is -1.20. The van der Waals surface area contributed by atoms with Gasteiger partial charge in [0.1, 0.15) is 0 Å². The predicted octanol–water partition coefficient (Wildman–Crippen LogP) is 1.08. The number of aromatic nitrogens is 1. The minimum atomic E-state index is -1.71. The number of hydrogen-bond acceptors (Lipinski definition) is 10. The molecular formula is C22H24FN5O6S. The van der Waals surface area contributed by atoms with Crippen molar-refractivity contribution in [3.8, 4) is 0 Å². The number of ether oxygens (including phenoxy) is 1. The summed E-state index contributed by atoms with van der Waals surface area (Å²) in [6.07, 6.45) is -1.07. The summed E-state index contributed by atoms with van der Waals surface area (Å²) in [6.45, 7) is 5.70. The second kappa shape index (κ2) is 7.55. The average Bonchev–Trinajstić information content (AvgIpc) is 3.33. The summed E-state index contributed by atoms with van der Waals surface area (Å²) in [6, 6.07) is -0.148. The van der Waals surface area contributed by atoms with E-state index in [-0.39, 0.29) is 36.4 Å². The van der Waals surface area contributed by atoms with E-state index in [1.54, 1.807) is 22.8 Å². The zero-order chi connectivity index (χ0) is 24.8. The van der Waals surface area contributed by atoms with Gasteiger partial charge >= 0.3 is 6.03 Å². The molecule has 3 fully saturated rings. The van der Waals surface area contributed by atoms with Crippen molar-refractivity contribution in [3.63, 3.8) is 0 Å². The molecule has 2 aromatic rings. The lowest BCUT2D eigenvalue weighted by Gasteiger charge is -2.55. The lowest BCUT2D eigenvalue weighted by atomic mass is 9.66. The van der Waals surface area contributed by atoms with Crippen LogP contribution in [-0.4, -0.2) is 70.3 Å². The van der Waals surface area contributed by atoms with E-state index in [0.29, 0.717) is 22.5 Å². The number of aliphatic hydroxyl groups is 1. The third-order valence-electron chi connectivity index (χ3n) is 7.39. The van der Waals surface area contributed by atoms with Gasteiger partial charge in [-0.25, -0.2) is 9.18 Å². The zero-order valence-corrected chi connectivity index (χ0v) is 20.0. The lowest BCUT2D eigenvalue weighted by molar-refractivity contribution is -0.153. The molecule has 1 aromatic heterocycles. The highest BCUT2D eigenvalue weighted by molar-refractivity contribution is 8.00. The zero-order valence-electron chi connectivity index (χ0n) is 19.2. The number of aliphatic hydroxyl groups excluding tert-OH is 1. The molecule has 13 heteroatoms. The molecule has 0 bridgehead atoms. The fourth-order valence-electron chi connectivity index (χ4n) is 6.04. The maximum atomic E-state index is 16.1. The van der Waals surface area contributed by atoms with Crippen LogP contribution in [-0.2, 0) is 20.7 Å². The molecule has 4 amide bonds. The first-order valence-electron chi connectivity index (χ1n) is 11.4. The number of barbiturate groups is 1. The summed E-state index contributed by atoms with van der Waals surface area (Å²) in [5.41, 5.74) is -2.02. The van der Waals surface area contributed by atoms with Crippen LogP contribution < -0.4 is 20.4 Å². The van der Waals surface area contributed by atoms with Crippen LogP contribution in [0, 0.1) is 11.2 Å². The Bertz CT molecular complexity index is 1250. The van der Waals surface area contributed by atoms with E-state index in [1.165, 1.54) is 11.8 Å². The molecule has 1 unspecified atom stereocenters. The molecule has 11 nitrogen and oxygen atoms in total. The molecule has 4 aliphatic heterocycles. The number of benzene rings is 1. The van der Waals surface area contributed by atoms with Gasteiger partial charge in [-0.05, 0) is 32.4 Å². The molecule has 35 heavy (non-hydrogen) atoms. The minimum Gasteiger partial charge on any atom is -0.372 e. The topological polar surface area (TPSA) is 137 Å². The number of carbonyl (C=O) groups is 3. The number of urea groups is 1. The Hall–Kier alpha value is -2.90. The van der Waals surface area contributed by atoms with Crippen LogP contribution in [0.5, 0.6) is 0 Å². The maximum Gasteiger partial charge on any atom is 0.328 e. The Labute approximate surface area is 203 Å². The number of nitrogens with zero attached hydrogens (tertiary/aromatic N) is 3. The van der Waals surface area contributed by atoms with Gasteiger partial charge < -0.3 is 24.2 Å². The van der Waals surface area contributed by atoms with E-state index in [1.807, 2.05) is 13.8 Å². The van der Waals surface area contributed by atoms with Gasteiger partial charge in [-0.1, -0.05) is 5.16 Å². The largest absolute Gasteiger partial charge is 0.372 e. The molecule has 5 heterocycles. The Balaban J connectivity index is 1.58. The smallest absolute Gasteiger partial charge is 0.328 e. The van der Waals surface area contributed by atoms with Crippen LogP contribution in [0.2, 0.25) is 0 Å². The fourth-order valence-corrected chi connectivity index (χ4v) is 7.12. The molecule has 3 saturated heterocycles. The second-order valence-electron chi connectivity index (χ2n) is 9.63. The summed E-state index contributed by atoms with van der Waals surface area (Å²) < 4.78 is 27.5. The van der Waals surface area contributed by atoms with Gasteiger partial charge in [-0.3, -0.25) is 20.2 Å². The minimum absolute atomic E-state index is 0.0655. The first kappa shape index (κ1) is 22.6. The number of nitrogens with one attached hydrogen (secondary N) is 2. The second-order valence-corrected chi connectivity index (χ2v) is 10.7. The molecule has 1 spiro atoms. The first-order valence-corrected chi connectivity index (χ1v) is 12.5. The number of morpholine rings is 1.